The van der Waals surface area contributed by atoms with Crippen LogP contribution in [0.15, 0.2) is 97.2 Å². The zero-order chi connectivity index (χ0) is 61.4. The van der Waals surface area contributed by atoms with E-state index in [0.717, 1.165) is 103 Å². The summed E-state index contributed by atoms with van der Waals surface area (Å²) in [4.78, 5) is 37.9. The van der Waals surface area contributed by atoms with E-state index in [2.05, 4.69) is 111 Å². The standard InChI is InChI=1S/C74H133N2O7P/c1-7-10-13-16-19-22-25-28-30-32-34-35-36-37-38-39-40-41-43-45-47-49-52-55-58-61-64-67-74(78)83-72(65-62-59-56-53-50-27-24-21-18-15-12-9-3)71(70-82-84(79,80)81-69-68-76(4,5)6)75-73(77)66-63-60-57-54-51-48-46-44-42-33-31-29-26-23-20-17-14-11-8-2/h19-20,22-23,28-31,34-35,37-38,42,44,62,65,71-72H,7-18,21,24-27,32-33,36,39-41,43,45-61,63-64,66-70H2,1-6H3,(H-,75,77,79,80)/p+1/b22-19-,23-20-,30-28-,31-29-,35-34-,38-37-,44-42-,65-62-. The van der Waals surface area contributed by atoms with E-state index in [0.29, 0.717) is 17.4 Å². The van der Waals surface area contributed by atoms with Crippen molar-refractivity contribution in [2.24, 2.45) is 0 Å². The Hall–Kier alpha value is -3.07. The number of unbranched alkanes of at least 4 members (excludes halogenated alkanes) is 33. The number of ether oxygens (including phenoxy) is 1. The third kappa shape index (κ3) is 63.4. The minimum absolute atomic E-state index is 0.0334. The minimum Gasteiger partial charge on any atom is -0.456 e. The van der Waals surface area contributed by atoms with Crippen LogP contribution in [-0.4, -0.2) is 74.3 Å². The summed E-state index contributed by atoms with van der Waals surface area (Å²) < 4.78 is 30.8. The van der Waals surface area contributed by atoms with Crippen molar-refractivity contribution in [1.29, 1.82) is 0 Å². The van der Waals surface area contributed by atoms with Gasteiger partial charge in [0, 0.05) is 12.8 Å². The molecule has 0 aromatic heterocycles. The molecule has 0 bridgehead atoms. The second-order valence-electron chi connectivity index (χ2n) is 24.7. The van der Waals surface area contributed by atoms with Gasteiger partial charge in [-0.3, -0.25) is 18.6 Å². The van der Waals surface area contributed by atoms with E-state index in [1.54, 1.807) is 0 Å². The van der Waals surface area contributed by atoms with Gasteiger partial charge in [0.2, 0.25) is 5.91 Å². The second kappa shape index (κ2) is 63.0. The number of carbonyl (C=O) groups is 2. The predicted octanol–water partition coefficient (Wildman–Crippen LogP) is 22.3. The van der Waals surface area contributed by atoms with Crippen LogP contribution in [0.5, 0.6) is 0 Å². The number of phosphoric ester groups is 1. The van der Waals surface area contributed by atoms with Gasteiger partial charge >= 0.3 is 13.8 Å². The number of phosphoric acid groups is 1. The molecule has 0 saturated heterocycles. The van der Waals surface area contributed by atoms with Crippen molar-refractivity contribution < 1.29 is 37.3 Å². The zero-order valence-electron chi connectivity index (χ0n) is 55.6. The van der Waals surface area contributed by atoms with Gasteiger partial charge in [0.25, 0.3) is 0 Å². The number of rotatable bonds is 63. The molecule has 10 heteroatoms. The fourth-order valence-electron chi connectivity index (χ4n) is 9.81. The highest BCUT2D eigenvalue weighted by atomic mass is 31.2. The average Bonchev–Trinajstić information content (AvgIpc) is 3.65. The number of allylic oxidation sites excluding steroid dienone is 15. The Morgan fingerprint density at radius 3 is 1.11 bits per heavy atom. The molecule has 0 aliphatic heterocycles. The molecule has 0 aliphatic carbocycles. The first-order valence-electron chi connectivity index (χ1n) is 35.1. The van der Waals surface area contributed by atoms with Gasteiger partial charge in [0.1, 0.15) is 19.3 Å². The van der Waals surface area contributed by atoms with Gasteiger partial charge in [-0.2, -0.15) is 0 Å². The first-order valence-corrected chi connectivity index (χ1v) is 36.6. The maximum Gasteiger partial charge on any atom is 0.472 e. The van der Waals surface area contributed by atoms with Crippen LogP contribution in [0.3, 0.4) is 0 Å². The van der Waals surface area contributed by atoms with Crippen molar-refractivity contribution in [3.63, 3.8) is 0 Å². The van der Waals surface area contributed by atoms with Crippen LogP contribution in [0, 0.1) is 0 Å². The number of hydrogen-bond donors (Lipinski definition) is 2. The monoisotopic (exact) mass is 1190 g/mol. The maximum absolute atomic E-state index is 13.6. The normalized spacial score (nSPS) is 14.1. The Morgan fingerprint density at radius 2 is 0.726 bits per heavy atom. The van der Waals surface area contributed by atoms with Crippen LogP contribution in [-0.2, 0) is 27.9 Å². The van der Waals surface area contributed by atoms with Crippen molar-refractivity contribution in [2.45, 2.75) is 322 Å². The quantitative estimate of drug-likeness (QED) is 0.0205. The molecule has 9 nitrogen and oxygen atoms in total. The minimum atomic E-state index is -4.46. The average molecular weight is 1190 g/mol. The van der Waals surface area contributed by atoms with Crippen molar-refractivity contribution in [1.82, 2.24) is 5.32 Å². The number of likely N-dealkylation sites (N-methyl/N-ethyl adjacent to an activating group) is 1. The molecule has 2 N–H and O–H groups in total. The number of amides is 1. The molecule has 0 rings (SSSR count). The lowest BCUT2D eigenvalue weighted by Gasteiger charge is -2.27. The first kappa shape index (κ1) is 80.9. The lowest BCUT2D eigenvalue weighted by Crippen LogP contribution is -2.47. The number of hydrogen-bond acceptors (Lipinski definition) is 6. The highest BCUT2D eigenvalue weighted by Gasteiger charge is 2.30. The maximum atomic E-state index is 13.6. The number of nitrogens with zero attached hydrogens (tertiary/aromatic N) is 1. The van der Waals surface area contributed by atoms with Crippen LogP contribution in [0.2, 0.25) is 0 Å². The van der Waals surface area contributed by atoms with E-state index in [1.807, 2.05) is 33.3 Å². The fourth-order valence-corrected chi connectivity index (χ4v) is 10.5. The number of carbonyl (C=O) groups excluding carboxylic acids is 2. The molecule has 1 amide bonds. The van der Waals surface area contributed by atoms with E-state index in [9.17, 15) is 19.0 Å². The summed E-state index contributed by atoms with van der Waals surface area (Å²) in [5, 5.41) is 3.06. The van der Waals surface area contributed by atoms with E-state index < -0.39 is 20.0 Å². The lowest BCUT2D eigenvalue weighted by atomic mass is 10.0. The Morgan fingerprint density at radius 1 is 0.417 bits per heavy atom. The second-order valence-corrected chi connectivity index (χ2v) is 26.1. The van der Waals surface area contributed by atoms with E-state index in [1.165, 1.54) is 173 Å². The smallest absolute Gasteiger partial charge is 0.456 e. The predicted molar refractivity (Wildman–Crippen MR) is 364 cm³/mol. The number of esters is 1. The molecular weight excluding hydrogens is 1060 g/mol. The van der Waals surface area contributed by atoms with Crippen LogP contribution in [0.1, 0.15) is 310 Å². The molecule has 84 heavy (non-hydrogen) atoms. The molecule has 0 aliphatic rings. The van der Waals surface area contributed by atoms with Crippen LogP contribution in [0.4, 0.5) is 0 Å². The first-order chi connectivity index (χ1) is 40.9. The third-order valence-corrected chi connectivity index (χ3v) is 16.2. The summed E-state index contributed by atoms with van der Waals surface area (Å²) in [6.07, 6.45) is 85.5. The summed E-state index contributed by atoms with van der Waals surface area (Å²) in [5.74, 6) is -0.521. The van der Waals surface area contributed by atoms with Gasteiger partial charge in [-0.15, -0.1) is 0 Å². The largest absolute Gasteiger partial charge is 0.472 e. The molecule has 0 radical (unpaired) electrons. The Labute approximate surface area is 519 Å². The summed E-state index contributed by atoms with van der Waals surface area (Å²) in [7, 11) is 1.48. The summed E-state index contributed by atoms with van der Waals surface area (Å²) in [6, 6.07) is -0.862. The Balaban J connectivity index is 5.10. The molecule has 0 aromatic carbocycles. The van der Waals surface area contributed by atoms with Gasteiger partial charge < -0.3 is 19.4 Å². The molecule has 0 saturated carbocycles. The van der Waals surface area contributed by atoms with Gasteiger partial charge in [0.15, 0.2) is 0 Å². The Kier molecular flexibility index (Phi) is 60.7. The van der Waals surface area contributed by atoms with Crippen LogP contribution < -0.4 is 5.32 Å². The van der Waals surface area contributed by atoms with Gasteiger partial charge in [0.05, 0.1) is 33.8 Å². The highest BCUT2D eigenvalue weighted by molar-refractivity contribution is 7.47. The van der Waals surface area contributed by atoms with Gasteiger partial charge in [-0.1, -0.05) is 279 Å². The van der Waals surface area contributed by atoms with E-state index >= 15 is 0 Å². The van der Waals surface area contributed by atoms with Crippen molar-refractivity contribution >= 4 is 19.7 Å². The van der Waals surface area contributed by atoms with Crippen molar-refractivity contribution in [2.75, 3.05) is 40.9 Å². The van der Waals surface area contributed by atoms with Gasteiger partial charge in [-0.25, -0.2) is 4.57 Å². The molecule has 486 valence electrons. The number of nitrogens with one attached hydrogen (secondary N) is 1. The molecule has 0 heterocycles. The van der Waals surface area contributed by atoms with Crippen LogP contribution >= 0.6 is 7.82 Å². The molecule has 0 aromatic rings. The van der Waals surface area contributed by atoms with Crippen molar-refractivity contribution in [3.8, 4) is 0 Å². The summed E-state index contributed by atoms with van der Waals surface area (Å²) in [6.45, 7) is 6.96. The molecule has 0 spiro atoms. The molecular formula is C74H134N2O7P+. The number of quaternary nitrogens is 1. The SMILES string of the molecule is CCCCC/C=C\C/C=C\C/C=C\C/C=C\CCCCCCCCCCCCCC(=O)OC(/C=C\CCCCCCCCCCCC)C(COP(=O)(O)OCC[N+](C)(C)C)NC(=O)CCCCCCCC/C=C\C/C=C\C/C=C\CCCCC. The molecule has 0 fully saturated rings. The van der Waals surface area contributed by atoms with E-state index in [4.69, 9.17) is 13.8 Å². The Bertz CT molecular complexity index is 1760. The third-order valence-electron chi connectivity index (χ3n) is 15.2. The lowest BCUT2D eigenvalue weighted by molar-refractivity contribution is -0.870. The zero-order valence-corrected chi connectivity index (χ0v) is 56.5. The van der Waals surface area contributed by atoms with E-state index in [-0.39, 0.29) is 31.5 Å². The van der Waals surface area contributed by atoms with Crippen LogP contribution in [0.25, 0.3) is 0 Å². The topological polar surface area (TPSA) is 111 Å². The van der Waals surface area contributed by atoms with Gasteiger partial charge in [-0.05, 0) is 115 Å². The summed E-state index contributed by atoms with van der Waals surface area (Å²) >= 11 is 0. The molecule has 3 atom stereocenters. The fraction of sp³-hybridized carbons (Fsp3) is 0.757. The highest BCUT2D eigenvalue weighted by Crippen LogP contribution is 2.43. The summed E-state index contributed by atoms with van der Waals surface area (Å²) in [5.41, 5.74) is 0. The van der Waals surface area contributed by atoms with Crippen molar-refractivity contribution in [3.05, 3.63) is 97.2 Å². The molecule has 3 unspecified atom stereocenters.